The van der Waals surface area contributed by atoms with Crippen LogP contribution in [0.4, 0.5) is 5.82 Å². The molecule has 0 bridgehead atoms. The van der Waals surface area contributed by atoms with Gasteiger partial charge < -0.3 is 15.4 Å². The normalized spacial score (nSPS) is 23.9. The lowest BCUT2D eigenvalue weighted by Gasteiger charge is -2.32. The smallest absolute Gasteiger partial charge is 0.161 e. The summed E-state index contributed by atoms with van der Waals surface area (Å²) in [5.41, 5.74) is 3.41. The molecule has 2 aromatic rings. The number of nitrogens with zero attached hydrogens (tertiary/aromatic N) is 3. The third kappa shape index (κ3) is 2.97. The average Bonchev–Trinajstić information content (AvgIpc) is 3.31. The van der Waals surface area contributed by atoms with Gasteiger partial charge in [0.1, 0.15) is 5.82 Å². The average molecular weight is 351 g/mol. The number of hydrogen-bond acceptors (Lipinski definition) is 6. The van der Waals surface area contributed by atoms with Crippen molar-refractivity contribution in [3.05, 3.63) is 35.8 Å². The van der Waals surface area contributed by atoms with Gasteiger partial charge in [-0.05, 0) is 31.4 Å². The van der Waals surface area contributed by atoms with E-state index in [1.807, 2.05) is 12.1 Å². The van der Waals surface area contributed by atoms with Gasteiger partial charge in [-0.3, -0.25) is 4.98 Å². The molecule has 2 aliphatic heterocycles. The van der Waals surface area contributed by atoms with Crippen LogP contribution in [0.1, 0.15) is 49.8 Å². The first-order valence-corrected chi connectivity index (χ1v) is 9.73. The van der Waals surface area contributed by atoms with Gasteiger partial charge in [-0.2, -0.15) is 0 Å². The number of aromatic nitrogens is 3. The van der Waals surface area contributed by atoms with Crippen molar-refractivity contribution < 1.29 is 4.74 Å². The van der Waals surface area contributed by atoms with Gasteiger partial charge in [-0.15, -0.1) is 0 Å². The summed E-state index contributed by atoms with van der Waals surface area (Å²) in [5, 5.41) is 7.09. The van der Waals surface area contributed by atoms with E-state index in [4.69, 9.17) is 14.7 Å². The summed E-state index contributed by atoms with van der Waals surface area (Å²) in [5.74, 6) is 1.73. The largest absolute Gasteiger partial charge is 0.373 e. The van der Waals surface area contributed by atoms with E-state index in [2.05, 4.69) is 15.6 Å². The third-order valence-corrected chi connectivity index (χ3v) is 5.94. The van der Waals surface area contributed by atoms with Crippen LogP contribution in [-0.4, -0.2) is 33.2 Å². The molecule has 1 saturated carbocycles. The van der Waals surface area contributed by atoms with E-state index in [0.29, 0.717) is 6.04 Å². The molecule has 2 aromatic heterocycles. The Balaban J connectivity index is 1.41. The number of fused-ring (bicyclic) bond motifs is 1. The lowest BCUT2D eigenvalue weighted by Crippen LogP contribution is -2.31. The molecule has 5 rings (SSSR count). The predicted octanol–water partition coefficient (Wildman–Crippen LogP) is 3.05. The quantitative estimate of drug-likeness (QED) is 0.886. The lowest BCUT2D eigenvalue weighted by atomic mass is 9.82. The summed E-state index contributed by atoms with van der Waals surface area (Å²) in [7, 11) is 0. The van der Waals surface area contributed by atoms with Crippen LogP contribution in [0.2, 0.25) is 0 Å². The number of hydrogen-bond donors (Lipinski definition) is 2. The van der Waals surface area contributed by atoms with Gasteiger partial charge in [-0.25, -0.2) is 9.97 Å². The van der Waals surface area contributed by atoms with Crippen LogP contribution >= 0.6 is 0 Å². The van der Waals surface area contributed by atoms with E-state index in [1.54, 1.807) is 12.4 Å². The highest BCUT2D eigenvalue weighted by atomic mass is 16.5. The fourth-order valence-electron chi connectivity index (χ4n) is 4.59. The molecule has 2 N–H and O–H groups in total. The van der Waals surface area contributed by atoms with E-state index in [9.17, 15) is 0 Å². The number of pyridine rings is 1. The van der Waals surface area contributed by atoms with Gasteiger partial charge in [0.2, 0.25) is 0 Å². The molecule has 1 saturated heterocycles. The number of anilines is 1. The zero-order chi connectivity index (χ0) is 17.4. The Morgan fingerprint density at radius 2 is 1.92 bits per heavy atom. The van der Waals surface area contributed by atoms with Crippen LogP contribution in [0.5, 0.6) is 0 Å². The van der Waals surface area contributed by atoms with Crippen molar-refractivity contribution in [1.29, 1.82) is 0 Å². The van der Waals surface area contributed by atoms with Gasteiger partial charge in [0.05, 0.1) is 23.9 Å². The molecular weight excluding hydrogens is 326 g/mol. The minimum absolute atomic E-state index is 0.109. The Labute approximate surface area is 153 Å². The number of ether oxygens (including phenoxy) is 1. The molecule has 1 unspecified atom stereocenters. The second-order valence-corrected chi connectivity index (χ2v) is 7.76. The van der Waals surface area contributed by atoms with Crippen LogP contribution in [0.25, 0.3) is 11.4 Å². The first kappa shape index (κ1) is 16.1. The van der Waals surface area contributed by atoms with Crippen molar-refractivity contribution in [3.63, 3.8) is 0 Å². The fourth-order valence-corrected chi connectivity index (χ4v) is 4.59. The van der Waals surface area contributed by atoms with E-state index < -0.39 is 0 Å². The van der Waals surface area contributed by atoms with E-state index in [0.717, 1.165) is 49.0 Å². The molecule has 0 aromatic carbocycles. The van der Waals surface area contributed by atoms with Crippen molar-refractivity contribution in [2.45, 2.75) is 63.3 Å². The van der Waals surface area contributed by atoms with Crippen molar-refractivity contribution in [3.8, 4) is 11.4 Å². The zero-order valence-electron chi connectivity index (χ0n) is 15.0. The second-order valence-electron chi connectivity index (χ2n) is 7.76. The summed E-state index contributed by atoms with van der Waals surface area (Å²) in [6.45, 7) is 2.40. The SMILES string of the molecule is c1cc(-c2nc3c(c(NC4COC5(CCCCC5)C4)n2)CNC3)ccn1. The van der Waals surface area contributed by atoms with Crippen LogP contribution in [0.15, 0.2) is 24.5 Å². The van der Waals surface area contributed by atoms with Gasteiger partial charge >= 0.3 is 0 Å². The van der Waals surface area contributed by atoms with Crippen LogP contribution in [0.3, 0.4) is 0 Å². The molecule has 4 heterocycles. The lowest BCUT2D eigenvalue weighted by molar-refractivity contribution is -0.0244. The predicted molar refractivity (Wildman–Crippen MR) is 99.6 cm³/mol. The summed E-state index contributed by atoms with van der Waals surface area (Å²) in [6.07, 6.45) is 11.0. The second kappa shape index (κ2) is 6.59. The Kier molecular flexibility index (Phi) is 4.10. The summed E-state index contributed by atoms with van der Waals surface area (Å²) < 4.78 is 6.27. The monoisotopic (exact) mass is 351 g/mol. The molecule has 1 atom stereocenters. The molecule has 1 aliphatic carbocycles. The number of rotatable bonds is 3. The molecule has 6 heteroatoms. The molecular formula is C20H25N5O. The maximum Gasteiger partial charge on any atom is 0.161 e. The van der Waals surface area contributed by atoms with Crippen LogP contribution in [0, 0.1) is 0 Å². The molecule has 3 aliphatic rings. The molecule has 2 fully saturated rings. The standard InChI is InChI=1S/C20H25N5O/c1-2-6-20(7-3-1)10-15(13-26-20)23-19-16-11-22-12-17(16)24-18(25-19)14-4-8-21-9-5-14/h4-5,8-9,15,22H,1-3,6-7,10-13H2,(H,23,24,25). The topological polar surface area (TPSA) is 72.0 Å². The molecule has 26 heavy (non-hydrogen) atoms. The molecule has 1 spiro atoms. The highest BCUT2D eigenvalue weighted by Gasteiger charge is 2.41. The fraction of sp³-hybridized carbons (Fsp3) is 0.550. The highest BCUT2D eigenvalue weighted by molar-refractivity contribution is 5.60. The molecule has 0 radical (unpaired) electrons. The minimum Gasteiger partial charge on any atom is -0.373 e. The maximum atomic E-state index is 6.27. The zero-order valence-corrected chi connectivity index (χ0v) is 15.0. The molecule has 0 amide bonds. The van der Waals surface area contributed by atoms with Crippen molar-refractivity contribution >= 4 is 5.82 Å². The van der Waals surface area contributed by atoms with E-state index in [1.165, 1.54) is 37.7 Å². The molecule has 6 nitrogen and oxygen atoms in total. The third-order valence-electron chi connectivity index (χ3n) is 5.94. The van der Waals surface area contributed by atoms with Gasteiger partial charge in [0.25, 0.3) is 0 Å². The highest BCUT2D eigenvalue weighted by Crippen LogP contribution is 2.40. The Morgan fingerprint density at radius 3 is 2.77 bits per heavy atom. The summed E-state index contributed by atoms with van der Waals surface area (Å²) in [6, 6.07) is 4.26. The summed E-state index contributed by atoms with van der Waals surface area (Å²) in [4.78, 5) is 13.7. The van der Waals surface area contributed by atoms with E-state index in [-0.39, 0.29) is 5.60 Å². The number of nitrogens with one attached hydrogen (secondary N) is 2. The van der Waals surface area contributed by atoms with Crippen LogP contribution in [-0.2, 0) is 17.8 Å². The van der Waals surface area contributed by atoms with Crippen molar-refractivity contribution in [2.24, 2.45) is 0 Å². The van der Waals surface area contributed by atoms with Gasteiger partial charge in [0.15, 0.2) is 5.82 Å². The first-order chi connectivity index (χ1) is 12.8. The first-order valence-electron chi connectivity index (χ1n) is 9.73. The Hall–Kier alpha value is -2.05. The minimum atomic E-state index is 0.109. The maximum absolute atomic E-state index is 6.27. The Bertz CT molecular complexity index is 788. The molecule has 136 valence electrons. The van der Waals surface area contributed by atoms with Crippen molar-refractivity contribution in [1.82, 2.24) is 20.3 Å². The van der Waals surface area contributed by atoms with Crippen LogP contribution < -0.4 is 10.6 Å². The van der Waals surface area contributed by atoms with Gasteiger partial charge in [0, 0.05) is 36.6 Å². The van der Waals surface area contributed by atoms with Gasteiger partial charge in [-0.1, -0.05) is 19.3 Å². The summed E-state index contributed by atoms with van der Waals surface area (Å²) >= 11 is 0. The Morgan fingerprint density at radius 1 is 1.08 bits per heavy atom. The van der Waals surface area contributed by atoms with E-state index >= 15 is 0 Å². The van der Waals surface area contributed by atoms with Crippen molar-refractivity contribution in [2.75, 3.05) is 11.9 Å².